The van der Waals surface area contributed by atoms with E-state index in [0.29, 0.717) is 6.42 Å². The molecular weight excluding hydrogens is 414 g/mol. The molecule has 0 aliphatic carbocycles. The summed E-state index contributed by atoms with van der Waals surface area (Å²) in [6.45, 7) is 0.418. The fraction of sp³-hybridized carbons (Fsp3) is 0.120. The van der Waals surface area contributed by atoms with Crippen molar-refractivity contribution in [3.63, 3.8) is 0 Å². The quantitative estimate of drug-likeness (QED) is 0.437. The number of nitrogens with zero attached hydrogens (tertiary/aromatic N) is 1. The van der Waals surface area contributed by atoms with Crippen molar-refractivity contribution in [3.8, 4) is 0 Å². The number of aromatic nitrogens is 1. The summed E-state index contributed by atoms with van der Waals surface area (Å²) < 4.78 is 30.8. The van der Waals surface area contributed by atoms with E-state index in [1.807, 2.05) is 36.4 Å². The first-order valence-corrected chi connectivity index (χ1v) is 10.1. The first kappa shape index (κ1) is 21.2. The second-order valence-corrected chi connectivity index (χ2v) is 7.39. The van der Waals surface area contributed by atoms with Crippen LogP contribution in [0.2, 0.25) is 0 Å². The van der Waals surface area contributed by atoms with Crippen LogP contribution in [0.3, 0.4) is 0 Å². The lowest BCUT2D eigenvalue weighted by Crippen LogP contribution is -2.21. The fourth-order valence-electron chi connectivity index (χ4n) is 3.67. The molecule has 0 atom stereocenters. The smallest absolute Gasteiger partial charge is 0.341 e. The van der Waals surface area contributed by atoms with Gasteiger partial charge in [-0.1, -0.05) is 60.7 Å². The first-order chi connectivity index (χ1) is 15.5. The predicted molar refractivity (Wildman–Crippen MR) is 119 cm³/mol. The van der Waals surface area contributed by atoms with E-state index in [9.17, 15) is 23.5 Å². The molecule has 1 heterocycles. The molecule has 0 unspecified atom stereocenters. The molecule has 0 fully saturated rings. The van der Waals surface area contributed by atoms with Gasteiger partial charge in [0.15, 0.2) is 11.6 Å². The van der Waals surface area contributed by atoms with Gasteiger partial charge in [-0.2, -0.15) is 0 Å². The highest BCUT2D eigenvalue weighted by atomic mass is 19.2. The summed E-state index contributed by atoms with van der Waals surface area (Å²) in [5.74, 6) is -3.77. The van der Waals surface area contributed by atoms with Crippen LogP contribution in [0.5, 0.6) is 0 Å². The molecule has 2 N–H and O–H groups in total. The average Bonchev–Trinajstić information content (AvgIpc) is 2.80. The van der Waals surface area contributed by atoms with E-state index in [1.165, 1.54) is 10.8 Å². The zero-order chi connectivity index (χ0) is 22.7. The van der Waals surface area contributed by atoms with Crippen molar-refractivity contribution in [3.05, 3.63) is 111 Å². The summed E-state index contributed by atoms with van der Waals surface area (Å²) in [5, 5.41) is 12.2. The van der Waals surface area contributed by atoms with E-state index in [4.69, 9.17) is 0 Å². The van der Waals surface area contributed by atoms with Gasteiger partial charge in [-0.05, 0) is 17.5 Å². The normalized spacial score (nSPS) is 10.9. The second kappa shape index (κ2) is 9.01. The monoisotopic (exact) mass is 434 g/mol. The molecule has 0 saturated heterocycles. The topological polar surface area (TPSA) is 71.3 Å². The van der Waals surface area contributed by atoms with Crippen LogP contribution < -0.4 is 10.7 Å². The Morgan fingerprint density at radius 1 is 0.969 bits per heavy atom. The summed E-state index contributed by atoms with van der Waals surface area (Å²) in [5.41, 5.74) is 0.206. The van der Waals surface area contributed by atoms with Gasteiger partial charge < -0.3 is 15.0 Å². The third-order valence-electron chi connectivity index (χ3n) is 5.29. The minimum absolute atomic E-state index is 0.130. The molecule has 0 saturated carbocycles. The minimum Gasteiger partial charge on any atom is -0.477 e. The van der Waals surface area contributed by atoms with E-state index in [1.54, 1.807) is 24.3 Å². The lowest BCUT2D eigenvalue weighted by Gasteiger charge is -2.17. The van der Waals surface area contributed by atoms with Crippen LogP contribution in [0.15, 0.2) is 77.7 Å². The van der Waals surface area contributed by atoms with Crippen LogP contribution in [0, 0.1) is 11.6 Å². The van der Waals surface area contributed by atoms with Gasteiger partial charge in [0.1, 0.15) is 5.56 Å². The molecule has 7 heteroatoms. The number of aryl methyl sites for hydroxylation is 2. The summed E-state index contributed by atoms with van der Waals surface area (Å²) in [6, 6.07) is 19.4. The maximum absolute atomic E-state index is 14.8. The Morgan fingerprint density at radius 3 is 2.22 bits per heavy atom. The largest absolute Gasteiger partial charge is 0.477 e. The van der Waals surface area contributed by atoms with Gasteiger partial charge in [0, 0.05) is 25.4 Å². The second-order valence-electron chi connectivity index (χ2n) is 7.39. The molecule has 3 aromatic carbocycles. The number of halogens is 2. The SMILES string of the molecule is O=C(O)c1cn(CCc2ccccc2)c2cc(F)c(F)c(NCc3ccccc3)c2c1=O. The van der Waals surface area contributed by atoms with Crippen LogP contribution in [-0.4, -0.2) is 15.6 Å². The van der Waals surface area contributed by atoms with Crippen LogP contribution in [0.25, 0.3) is 10.9 Å². The summed E-state index contributed by atoms with van der Waals surface area (Å²) in [6.07, 6.45) is 1.71. The van der Waals surface area contributed by atoms with Crippen LogP contribution in [0.1, 0.15) is 21.5 Å². The third-order valence-corrected chi connectivity index (χ3v) is 5.29. The van der Waals surface area contributed by atoms with Crippen molar-refractivity contribution in [2.24, 2.45) is 0 Å². The molecule has 4 rings (SSSR count). The number of anilines is 1. The Balaban J connectivity index is 1.85. The fourth-order valence-corrected chi connectivity index (χ4v) is 3.67. The summed E-state index contributed by atoms with van der Waals surface area (Å²) >= 11 is 0. The highest BCUT2D eigenvalue weighted by Crippen LogP contribution is 2.28. The third kappa shape index (κ3) is 4.23. The molecule has 0 aliphatic heterocycles. The molecule has 1 aromatic heterocycles. The molecular formula is C25H20F2N2O3. The minimum atomic E-state index is -1.43. The van der Waals surface area contributed by atoms with E-state index >= 15 is 0 Å². The number of carboxylic acids is 1. The van der Waals surface area contributed by atoms with Gasteiger partial charge in [-0.15, -0.1) is 0 Å². The predicted octanol–water partition coefficient (Wildman–Crippen LogP) is 4.83. The first-order valence-electron chi connectivity index (χ1n) is 10.1. The molecule has 0 bridgehead atoms. The highest BCUT2D eigenvalue weighted by molar-refractivity contribution is 5.98. The van der Waals surface area contributed by atoms with Crippen molar-refractivity contribution in [2.45, 2.75) is 19.5 Å². The van der Waals surface area contributed by atoms with Crippen molar-refractivity contribution < 1.29 is 18.7 Å². The van der Waals surface area contributed by atoms with Gasteiger partial charge >= 0.3 is 5.97 Å². The standard InChI is InChI=1S/C25H20F2N2O3/c26-19-13-20-21(23(22(19)27)28-14-17-9-5-2-6-10-17)24(30)18(25(31)32)15-29(20)12-11-16-7-3-1-4-8-16/h1-10,13,15,28H,11-12,14H2,(H,31,32). The number of nitrogens with one attached hydrogen (secondary N) is 1. The van der Waals surface area contributed by atoms with Crippen LogP contribution >= 0.6 is 0 Å². The number of aromatic carboxylic acids is 1. The Bertz CT molecular complexity index is 1340. The molecule has 32 heavy (non-hydrogen) atoms. The van der Waals surface area contributed by atoms with E-state index in [2.05, 4.69) is 5.32 Å². The van der Waals surface area contributed by atoms with Crippen LogP contribution in [0.4, 0.5) is 14.5 Å². The van der Waals surface area contributed by atoms with Crippen LogP contribution in [-0.2, 0) is 19.5 Å². The van der Waals surface area contributed by atoms with E-state index < -0.39 is 28.6 Å². The number of carbonyl (C=O) groups is 1. The molecule has 162 valence electrons. The number of hydrogen-bond donors (Lipinski definition) is 2. The maximum atomic E-state index is 14.8. The lowest BCUT2D eigenvalue weighted by molar-refractivity contribution is 0.0695. The number of benzene rings is 3. The van der Waals surface area contributed by atoms with Crippen molar-refractivity contribution in [1.29, 1.82) is 0 Å². The Kier molecular flexibility index (Phi) is 5.98. The molecule has 0 spiro atoms. The number of fused-ring (bicyclic) bond motifs is 1. The van der Waals surface area contributed by atoms with E-state index in [0.717, 1.165) is 17.2 Å². The summed E-state index contributed by atoms with van der Waals surface area (Å²) in [7, 11) is 0. The van der Waals surface area contributed by atoms with Gasteiger partial charge in [0.25, 0.3) is 0 Å². The molecule has 0 amide bonds. The van der Waals surface area contributed by atoms with E-state index in [-0.39, 0.29) is 29.7 Å². The van der Waals surface area contributed by atoms with Gasteiger partial charge in [-0.3, -0.25) is 4.79 Å². The molecule has 0 aliphatic rings. The van der Waals surface area contributed by atoms with Gasteiger partial charge in [-0.25, -0.2) is 13.6 Å². The number of rotatable bonds is 7. The highest BCUT2D eigenvalue weighted by Gasteiger charge is 2.22. The van der Waals surface area contributed by atoms with Gasteiger partial charge in [0.2, 0.25) is 5.43 Å². The number of hydrogen-bond acceptors (Lipinski definition) is 3. The average molecular weight is 434 g/mol. The molecule has 5 nitrogen and oxygen atoms in total. The zero-order valence-corrected chi connectivity index (χ0v) is 17.0. The zero-order valence-electron chi connectivity index (χ0n) is 17.0. The number of pyridine rings is 1. The number of carboxylic acid groups (broad SMARTS) is 1. The molecule has 4 aromatic rings. The van der Waals surface area contributed by atoms with Crippen molar-refractivity contribution in [2.75, 3.05) is 5.32 Å². The Labute approximate surface area is 182 Å². The van der Waals surface area contributed by atoms with Crippen molar-refractivity contribution in [1.82, 2.24) is 4.57 Å². The Hall–Kier alpha value is -4.00. The summed E-state index contributed by atoms with van der Waals surface area (Å²) in [4.78, 5) is 24.7. The lowest BCUT2D eigenvalue weighted by atomic mass is 10.1. The van der Waals surface area contributed by atoms with Crippen molar-refractivity contribution >= 4 is 22.6 Å². The Morgan fingerprint density at radius 2 is 1.59 bits per heavy atom. The molecule has 0 radical (unpaired) electrons. The maximum Gasteiger partial charge on any atom is 0.341 e. The van der Waals surface area contributed by atoms with Gasteiger partial charge in [0.05, 0.1) is 16.6 Å².